The number of esters is 1. The molecule has 1 N–H and O–H groups in total. The molecule has 1 unspecified atom stereocenters. The average Bonchev–Trinajstić information content (AvgIpc) is 2.66. The summed E-state index contributed by atoms with van der Waals surface area (Å²) in [7, 11) is 3.04. The van der Waals surface area contributed by atoms with Gasteiger partial charge < -0.3 is 19.3 Å². The molecule has 0 spiro atoms. The van der Waals surface area contributed by atoms with E-state index in [4.69, 9.17) is 14.2 Å². The van der Waals surface area contributed by atoms with Crippen molar-refractivity contribution in [3.8, 4) is 11.5 Å². The molecule has 5 heteroatoms. The lowest BCUT2D eigenvalue weighted by atomic mass is 10.0. The van der Waals surface area contributed by atoms with Gasteiger partial charge in [0.1, 0.15) is 17.1 Å². The predicted molar refractivity (Wildman–Crippen MR) is 108 cm³/mol. The van der Waals surface area contributed by atoms with E-state index in [2.05, 4.69) is 13.2 Å². The van der Waals surface area contributed by atoms with Crippen LogP contribution in [-0.2, 0) is 4.74 Å². The summed E-state index contributed by atoms with van der Waals surface area (Å²) in [6.45, 7) is 9.28. The topological polar surface area (TPSA) is 65.0 Å². The normalized spacial score (nSPS) is 12.7. The Hall–Kier alpha value is -2.27. The van der Waals surface area contributed by atoms with E-state index >= 15 is 0 Å². The second kappa shape index (κ2) is 12.2. The summed E-state index contributed by atoms with van der Waals surface area (Å²) in [5, 5.41) is 9.95. The maximum atomic E-state index is 12.6. The summed E-state index contributed by atoms with van der Waals surface area (Å²) < 4.78 is 16.1. The van der Waals surface area contributed by atoms with Gasteiger partial charge in [0, 0.05) is 6.07 Å². The molecule has 0 heterocycles. The number of methoxy groups -OCH3 is 2. The van der Waals surface area contributed by atoms with Crippen molar-refractivity contribution in [1.29, 1.82) is 0 Å². The van der Waals surface area contributed by atoms with E-state index in [9.17, 15) is 9.90 Å². The second-order valence-electron chi connectivity index (χ2n) is 6.52. The molecule has 2 atom stereocenters. The molecule has 0 radical (unpaired) electrons. The number of ether oxygens (including phenoxy) is 3. The summed E-state index contributed by atoms with van der Waals surface area (Å²) in [6.07, 6.45) is 7.66. The van der Waals surface area contributed by atoms with Crippen LogP contribution in [0.2, 0.25) is 0 Å². The minimum atomic E-state index is -0.455. The first-order valence-electron chi connectivity index (χ1n) is 9.35. The molecule has 5 nitrogen and oxygen atoms in total. The molecule has 150 valence electrons. The van der Waals surface area contributed by atoms with Crippen LogP contribution in [0.5, 0.6) is 11.5 Å². The zero-order valence-corrected chi connectivity index (χ0v) is 16.7. The fraction of sp³-hybridized carbons (Fsp3) is 0.500. The number of carbonyl (C=O) groups excluding carboxylic acids is 1. The monoisotopic (exact) mass is 376 g/mol. The van der Waals surface area contributed by atoms with E-state index in [-0.39, 0.29) is 12.2 Å². The van der Waals surface area contributed by atoms with Crippen LogP contribution in [0, 0.1) is 0 Å². The first kappa shape index (κ1) is 22.8. The Balaban J connectivity index is 2.62. The van der Waals surface area contributed by atoms with E-state index in [1.165, 1.54) is 7.11 Å². The fourth-order valence-electron chi connectivity index (χ4n) is 2.85. The van der Waals surface area contributed by atoms with Gasteiger partial charge in [-0.15, -0.1) is 6.58 Å². The van der Waals surface area contributed by atoms with Gasteiger partial charge in [0.05, 0.1) is 26.4 Å². The first-order chi connectivity index (χ1) is 13.0. The lowest BCUT2D eigenvalue weighted by molar-refractivity contribution is 0.0307. The van der Waals surface area contributed by atoms with Crippen molar-refractivity contribution in [3.05, 3.63) is 42.5 Å². The van der Waals surface area contributed by atoms with Crippen molar-refractivity contribution in [1.82, 2.24) is 0 Å². The second-order valence-corrected chi connectivity index (χ2v) is 6.52. The lowest BCUT2D eigenvalue weighted by Gasteiger charge is -2.17. The van der Waals surface area contributed by atoms with E-state index < -0.39 is 5.97 Å². The van der Waals surface area contributed by atoms with Crippen molar-refractivity contribution in [2.75, 3.05) is 14.2 Å². The van der Waals surface area contributed by atoms with Gasteiger partial charge in [-0.05, 0) is 57.1 Å². The number of hydrogen-bond acceptors (Lipinski definition) is 5. The third-order valence-electron chi connectivity index (χ3n) is 4.39. The highest BCUT2D eigenvalue weighted by atomic mass is 16.5. The van der Waals surface area contributed by atoms with Crippen LogP contribution in [0.3, 0.4) is 0 Å². The highest BCUT2D eigenvalue weighted by molar-refractivity contribution is 5.97. The Morgan fingerprint density at radius 2 is 1.85 bits per heavy atom. The van der Waals surface area contributed by atoms with E-state index in [0.29, 0.717) is 35.5 Å². The zero-order chi connectivity index (χ0) is 20.2. The average molecular weight is 376 g/mol. The molecule has 0 aliphatic carbocycles. The highest BCUT2D eigenvalue weighted by Gasteiger charge is 2.21. The molecule has 0 aliphatic rings. The highest BCUT2D eigenvalue weighted by Crippen LogP contribution is 2.30. The quantitative estimate of drug-likeness (QED) is 0.305. The van der Waals surface area contributed by atoms with Crippen molar-refractivity contribution in [2.45, 2.75) is 57.7 Å². The number of allylic oxidation sites excluding steroid dienone is 1. The van der Waals surface area contributed by atoms with Gasteiger partial charge in [-0.2, -0.15) is 0 Å². The summed E-state index contributed by atoms with van der Waals surface area (Å²) in [5.41, 5.74) is 0.936. The van der Waals surface area contributed by atoms with Crippen LogP contribution >= 0.6 is 0 Å². The molecule has 0 fully saturated rings. The maximum absolute atomic E-state index is 12.6. The molecule has 0 aromatic heterocycles. The molecular weight excluding hydrogens is 344 g/mol. The summed E-state index contributed by atoms with van der Waals surface area (Å²) in [4.78, 5) is 12.6. The van der Waals surface area contributed by atoms with Crippen LogP contribution in [0.15, 0.2) is 31.4 Å². The molecule has 0 bridgehead atoms. The van der Waals surface area contributed by atoms with Gasteiger partial charge in [-0.1, -0.05) is 18.7 Å². The molecule has 0 aliphatic heterocycles. The number of benzene rings is 1. The van der Waals surface area contributed by atoms with Gasteiger partial charge in [-0.25, -0.2) is 4.79 Å². The number of unbranched alkanes of at least 4 members (excludes halogenated alkanes) is 1. The van der Waals surface area contributed by atoms with Crippen molar-refractivity contribution < 1.29 is 24.1 Å². The Bertz CT molecular complexity index is 623. The molecule has 0 amide bonds. The molecule has 1 rings (SSSR count). The Morgan fingerprint density at radius 1 is 1.15 bits per heavy atom. The SMILES string of the molecule is C=CCCCC(O)CCC[C@H](C)OC(=O)c1c(C=C)cc(OC)cc1OC. The third kappa shape index (κ3) is 7.47. The molecule has 1 aromatic rings. The largest absolute Gasteiger partial charge is 0.497 e. The lowest BCUT2D eigenvalue weighted by Crippen LogP contribution is -2.17. The number of aliphatic hydroxyl groups excluding tert-OH is 1. The predicted octanol–water partition coefficient (Wildman–Crippen LogP) is 4.78. The number of carbonyl (C=O) groups is 1. The minimum absolute atomic E-state index is 0.262. The Morgan fingerprint density at radius 3 is 2.44 bits per heavy atom. The maximum Gasteiger partial charge on any atom is 0.342 e. The van der Waals surface area contributed by atoms with Crippen LogP contribution < -0.4 is 9.47 Å². The first-order valence-corrected chi connectivity index (χ1v) is 9.35. The summed E-state index contributed by atoms with van der Waals surface area (Å²) in [5.74, 6) is 0.513. The smallest absolute Gasteiger partial charge is 0.342 e. The van der Waals surface area contributed by atoms with E-state index in [1.54, 1.807) is 25.3 Å². The minimum Gasteiger partial charge on any atom is -0.497 e. The van der Waals surface area contributed by atoms with E-state index in [0.717, 1.165) is 25.7 Å². The number of hydrogen-bond donors (Lipinski definition) is 1. The number of rotatable bonds is 13. The van der Waals surface area contributed by atoms with E-state index in [1.807, 2.05) is 13.0 Å². The van der Waals surface area contributed by atoms with Crippen LogP contribution in [-0.4, -0.2) is 37.5 Å². The van der Waals surface area contributed by atoms with Gasteiger partial charge >= 0.3 is 5.97 Å². The Labute approximate surface area is 162 Å². The zero-order valence-electron chi connectivity index (χ0n) is 16.7. The van der Waals surface area contributed by atoms with Gasteiger partial charge in [0.25, 0.3) is 0 Å². The fourth-order valence-corrected chi connectivity index (χ4v) is 2.85. The summed E-state index contributed by atoms with van der Waals surface area (Å²) in [6, 6.07) is 3.37. The van der Waals surface area contributed by atoms with Crippen LogP contribution in [0.1, 0.15) is 61.4 Å². The third-order valence-corrected chi connectivity index (χ3v) is 4.39. The standard InChI is InChI=1S/C22H32O5/c1-6-8-9-12-18(23)13-10-11-16(3)27-22(24)21-17(7-2)14-19(25-4)15-20(21)26-5/h6-7,14-16,18,23H,1-2,8-13H2,3-5H3/t16-,18?/m0/s1. The molecule has 0 saturated carbocycles. The molecule has 0 saturated heterocycles. The van der Waals surface area contributed by atoms with Gasteiger partial charge in [0.15, 0.2) is 0 Å². The van der Waals surface area contributed by atoms with Crippen molar-refractivity contribution in [3.63, 3.8) is 0 Å². The Kier molecular flexibility index (Phi) is 10.3. The van der Waals surface area contributed by atoms with Crippen LogP contribution in [0.25, 0.3) is 6.08 Å². The van der Waals surface area contributed by atoms with Crippen LogP contribution in [0.4, 0.5) is 0 Å². The molecular formula is C22H32O5. The molecule has 1 aromatic carbocycles. The van der Waals surface area contributed by atoms with Gasteiger partial charge in [0.2, 0.25) is 0 Å². The number of aliphatic hydroxyl groups is 1. The van der Waals surface area contributed by atoms with Gasteiger partial charge in [-0.3, -0.25) is 0 Å². The summed E-state index contributed by atoms with van der Waals surface area (Å²) >= 11 is 0. The van der Waals surface area contributed by atoms with Crippen molar-refractivity contribution >= 4 is 12.0 Å². The van der Waals surface area contributed by atoms with Crippen molar-refractivity contribution in [2.24, 2.45) is 0 Å². The molecule has 27 heavy (non-hydrogen) atoms.